The number of carbonyl (C=O) groups excluding carboxylic acids is 2. The lowest BCUT2D eigenvalue weighted by atomic mass is 9.94. The lowest BCUT2D eigenvalue weighted by Gasteiger charge is -2.26. The first-order valence-corrected chi connectivity index (χ1v) is 10.6. The fourth-order valence-electron chi connectivity index (χ4n) is 4.13. The van der Waals surface area contributed by atoms with Gasteiger partial charge in [-0.15, -0.1) is 0 Å². The standard InChI is InChI=1S/C24H25ClN2O4/c1-14-12-17-13-16(6-9-19(17)31-14)22(28)20-21(15-4-7-18(25)8-5-15)27(11-10-26(2)3)24(30)23(20)29/h4-9,13-14,21,28H,10-12H2,1-3H3/b22-20+. The van der Waals surface area contributed by atoms with Gasteiger partial charge < -0.3 is 19.6 Å². The highest BCUT2D eigenvalue weighted by molar-refractivity contribution is 6.46. The SMILES string of the molecule is CC1Cc2cc(/C(O)=C3\C(=O)C(=O)N(CCN(C)C)C3c3ccc(Cl)cc3)ccc2O1. The summed E-state index contributed by atoms with van der Waals surface area (Å²) >= 11 is 6.05. The Labute approximate surface area is 186 Å². The van der Waals surface area contributed by atoms with Gasteiger partial charge in [-0.1, -0.05) is 23.7 Å². The summed E-state index contributed by atoms with van der Waals surface area (Å²) in [6.45, 7) is 2.93. The monoisotopic (exact) mass is 440 g/mol. The number of halogens is 1. The van der Waals surface area contributed by atoms with E-state index in [1.54, 1.807) is 36.4 Å². The average molecular weight is 441 g/mol. The quantitative estimate of drug-likeness (QED) is 0.436. The van der Waals surface area contributed by atoms with Crippen LogP contribution in [0.4, 0.5) is 0 Å². The van der Waals surface area contributed by atoms with Crippen LogP contribution in [0.3, 0.4) is 0 Å². The van der Waals surface area contributed by atoms with Crippen molar-refractivity contribution in [2.45, 2.75) is 25.5 Å². The summed E-state index contributed by atoms with van der Waals surface area (Å²) < 4.78 is 5.73. The summed E-state index contributed by atoms with van der Waals surface area (Å²) in [4.78, 5) is 29.4. The molecule has 0 saturated carbocycles. The van der Waals surface area contributed by atoms with E-state index < -0.39 is 17.7 Å². The van der Waals surface area contributed by atoms with Gasteiger partial charge in [-0.2, -0.15) is 0 Å². The van der Waals surface area contributed by atoms with Gasteiger partial charge in [-0.05, 0) is 62.5 Å². The molecule has 1 saturated heterocycles. The molecule has 31 heavy (non-hydrogen) atoms. The van der Waals surface area contributed by atoms with E-state index in [1.807, 2.05) is 32.0 Å². The molecule has 0 spiro atoms. The summed E-state index contributed by atoms with van der Waals surface area (Å²) in [6, 6.07) is 11.7. The number of nitrogens with zero attached hydrogens (tertiary/aromatic N) is 2. The van der Waals surface area contributed by atoms with Crippen LogP contribution in [0.15, 0.2) is 48.0 Å². The number of likely N-dealkylation sites (tertiary alicyclic amines) is 1. The Balaban J connectivity index is 1.81. The molecule has 2 aliphatic rings. The van der Waals surface area contributed by atoms with Gasteiger partial charge in [0.15, 0.2) is 0 Å². The van der Waals surface area contributed by atoms with Gasteiger partial charge in [0.2, 0.25) is 0 Å². The fraction of sp³-hybridized carbons (Fsp3) is 0.333. The highest BCUT2D eigenvalue weighted by atomic mass is 35.5. The first kappa shape index (κ1) is 21.4. The molecule has 6 nitrogen and oxygen atoms in total. The first-order chi connectivity index (χ1) is 14.8. The van der Waals surface area contributed by atoms with Gasteiger partial charge in [0, 0.05) is 30.1 Å². The van der Waals surface area contributed by atoms with Crippen LogP contribution in [0, 0.1) is 0 Å². The highest BCUT2D eigenvalue weighted by Gasteiger charge is 2.46. The minimum absolute atomic E-state index is 0.0677. The number of ether oxygens (including phenoxy) is 1. The van der Waals surface area contributed by atoms with Crippen LogP contribution in [0.25, 0.3) is 5.76 Å². The van der Waals surface area contributed by atoms with Gasteiger partial charge in [0.1, 0.15) is 17.6 Å². The molecular weight excluding hydrogens is 416 g/mol. The number of fused-ring (bicyclic) bond motifs is 1. The normalized spacial score (nSPS) is 22.2. The van der Waals surface area contributed by atoms with E-state index in [4.69, 9.17) is 16.3 Å². The highest BCUT2D eigenvalue weighted by Crippen LogP contribution is 2.40. The molecule has 2 aromatic rings. The van der Waals surface area contributed by atoms with E-state index in [2.05, 4.69) is 0 Å². The molecule has 1 N–H and O–H groups in total. The number of amides is 1. The second kappa shape index (κ2) is 8.36. The molecule has 1 fully saturated rings. The number of benzene rings is 2. The van der Waals surface area contributed by atoms with Crippen LogP contribution < -0.4 is 4.74 Å². The third kappa shape index (κ3) is 4.05. The lowest BCUT2D eigenvalue weighted by molar-refractivity contribution is -0.140. The van der Waals surface area contributed by atoms with Crippen LogP contribution >= 0.6 is 11.6 Å². The molecular formula is C24H25ClN2O4. The summed E-state index contributed by atoms with van der Waals surface area (Å²) in [7, 11) is 3.81. The second-order valence-electron chi connectivity index (χ2n) is 8.30. The maximum atomic E-state index is 13.0. The predicted octanol–water partition coefficient (Wildman–Crippen LogP) is 3.65. The third-order valence-corrected chi connectivity index (χ3v) is 5.94. The van der Waals surface area contributed by atoms with Crippen molar-refractivity contribution < 1.29 is 19.4 Å². The van der Waals surface area contributed by atoms with Crippen molar-refractivity contribution in [3.8, 4) is 5.75 Å². The zero-order chi connectivity index (χ0) is 22.3. The van der Waals surface area contributed by atoms with Crippen LogP contribution in [0.2, 0.25) is 5.02 Å². The molecule has 7 heteroatoms. The Kier molecular flexibility index (Phi) is 5.77. The van der Waals surface area contributed by atoms with E-state index in [0.717, 1.165) is 23.3 Å². The third-order valence-electron chi connectivity index (χ3n) is 5.68. The van der Waals surface area contributed by atoms with Crippen LogP contribution in [-0.2, 0) is 16.0 Å². The molecule has 2 atom stereocenters. The Morgan fingerprint density at radius 3 is 2.58 bits per heavy atom. The van der Waals surface area contributed by atoms with E-state index in [9.17, 15) is 14.7 Å². The number of rotatable bonds is 5. The van der Waals surface area contributed by atoms with Crippen molar-refractivity contribution in [3.05, 3.63) is 69.8 Å². The largest absolute Gasteiger partial charge is 0.507 e. The molecule has 0 radical (unpaired) electrons. The number of hydrogen-bond donors (Lipinski definition) is 1. The van der Waals surface area contributed by atoms with Gasteiger partial charge in [-0.3, -0.25) is 9.59 Å². The van der Waals surface area contributed by atoms with Gasteiger partial charge >= 0.3 is 0 Å². The maximum Gasteiger partial charge on any atom is 0.295 e. The molecule has 0 aliphatic carbocycles. The molecule has 0 bridgehead atoms. The Hall–Kier alpha value is -2.83. The van der Waals surface area contributed by atoms with Crippen molar-refractivity contribution in [1.29, 1.82) is 0 Å². The predicted molar refractivity (Wildman–Crippen MR) is 119 cm³/mol. The van der Waals surface area contributed by atoms with Crippen molar-refractivity contribution in [2.75, 3.05) is 27.2 Å². The number of aliphatic hydroxyl groups is 1. The minimum atomic E-state index is -0.680. The number of carbonyl (C=O) groups is 2. The number of likely N-dealkylation sites (N-methyl/N-ethyl adjacent to an activating group) is 1. The van der Waals surface area contributed by atoms with E-state index in [0.29, 0.717) is 23.7 Å². The number of hydrogen-bond acceptors (Lipinski definition) is 5. The zero-order valence-corrected chi connectivity index (χ0v) is 18.5. The van der Waals surface area contributed by atoms with Crippen molar-refractivity contribution >= 4 is 29.1 Å². The molecule has 2 unspecified atom stereocenters. The topological polar surface area (TPSA) is 70.1 Å². The number of ketones is 1. The van der Waals surface area contributed by atoms with Gasteiger partial charge in [-0.25, -0.2) is 0 Å². The summed E-state index contributed by atoms with van der Waals surface area (Å²) in [5.41, 5.74) is 2.29. The van der Waals surface area contributed by atoms with Crippen LogP contribution in [0.5, 0.6) is 5.75 Å². The van der Waals surface area contributed by atoms with Crippen molar-refractivity contribution in [2.24, 2.45) is 0 Å². The molecule has 2 aromatic carbocycles. The summed E-state index contributed by atoms with van der Waals surface area (Å²) in [5, 5.41) is 11.7. The molecule has 2 aliphatic heterocycles. The van der Waals surface area contributed by atoms with Gasteiger partial charge in [0.05, 0.1) is 11.6 Å². The van der Waals surface area contributed by atoms with Gasteiger partial charge in [0.25, 0.3) is 11.7 Å². The summed E-state index contributed by atoms with van der Waals surface area (Å²) in [5.74, 6) is -0.680. The van der Waals surface area contributed by atoms with E-state index in [-0.39, 0.29) is 17.4 Å². The van der Waals surface area contributed by atoms with Crippen molar-refractivity contribution in [3.63, 3.8) is 0 Å². The van der Waals surface area contributed by atoms with Crippen LogP contribution in [-0.4, -0.2) is 59.9 Å². The van der Waals surface area contributed by atoms with Crippen LogP contribution in [0.1, 0.15) is 29.7 Å². The maximum absolute atomic E-state index is 13.0. The molecule has 1 amide bonds. The number of aliphatic hydroxyl groups excluding tert-OH is 1. The summed E-state index contributed by atoms with van der Waals surface area (Å²) in [6.07, 6.45) is 0.798. The molecule has 0 aromatic heterocycles. The minimum Gasteiger partial charge on any atom is -0.507 e. The Morgan fingerprint density at radius 2 is 1.90 bits per heavy atom. The lowest BCUT2D eigenvalue weighted by Crippen LogP contribution is -2.35. The number of Topliss-reactive ketones (excluding diaryl/α,β-unsaturated/α-hetero) is 1. The van der Waals surface area contributed by atoms with E-state index in [1.165, 1.54) is 4.90 Å². The Bertz CT molecular complexity index is 1060. The average Bonchev–Trinajstić information content (AvgIpc) is 3.22. The Morgan fingerprint density at radius 1 is 1.19 bits per heavy atom. The van der Waals surface area contributed by atoms with Crippen molar-refractivity contribution in [1.82, 2.24) is 9.80 Å². The fourth-order valence-corrected chi connectivity index (χ4v) is 4.26. The molecule has 2 heterocycles. The smallest absolute Gasteiger partial charge is 0.295 e. The second-order valence-corrected chi connectivity index (χ2v) is 8.74. The molecule has 4 rings (SSSR count). The van der Waals surface area contributed by atoms with E-state index >= 15 is 0 Å². The molecule has 162 valence electrons. The zero-order valence-electron chi connectivity index (χ0n) is 17.8. The first-order valence-electron chi connectivity index (χ1n) is 10.2.